The van der Waals surface area contributed by atoms with Gasteiger partial charge in [0.05, 0.1) is 0 Å². The molecule has 0 aromatic heterocycles. The van der Waals surface area contributed by atoms with Crippen molar-refractivity contribution in [3.05, 3.63) is 35.9 Å². The first-order valence-corrected chi connectivity index (χ1v) is 7.32. The molecule has 0 amide bonds. The number of nitrogens with zero attached hydrogens (tertiary/aromatic N) is 1. The van der Waals surface area contributed by atoms with Crippen molar-refractivity contribution >= 4 is 0 Å². The highest BCUT2D eigenvalue weighted by Crippen LogP contribution is 2.49. The smallest absolute Gasteiger partial charge is 0.0449 e. The molecule has 2 nitrogen and oxygen atoms in total. The van der Waals surface area contributed by atoms with Gasteiger partial charge >= 0.3 is 0 Å². The Balaban J connectivity index is 1.62. The molecule has 98 valence electrons. The molecule has 18 heavy (non-hydrogen) atoms. The predicted molar refractivity (Wildman–Crippen MR) is 75.6 cm³/mol. The van der Waals surface area contributed by atoms with E-state index in [0.29, 0.717) is 11.5 Å². The topological polar surface area (TPSA) is 15.3 Å². The Bertz CT molecular complexity index is 383. The predicted octanol–water partition coefficient (Wildman–Crippen LogP) is 2.82. The van der Waals surface area contributed by atoms with E-state index in [2.05, 4.69) is 47.5 Å². The van der Waals surface area contributed by atoms with E-state index in [4.69, 9.17) is 0 Å². The molecule has 1 aliphatic heterocycles. The minimum atomic E-state index is 0.521. The lowest BCUT2D eigenvalue weighted by molar-refractivity contribution is 0.163. The summed E-state index contributed by atoms with van der Waals surface area (Å²) in [7, 11) is 0. The zero-order valence-electron chi connectivity index (χ0n) is 11.4. The Hall–Kier alpha value is -0.860. The van der Waals surface area contributed by atoms with Crippen LogP contribution in [0.15, 0.2) is 30.3 Å². The van der Waals surface area contributed by atoms with Gasteiger partial charge in [0.15, 0.2) is 0 Å². The van der Waals surface area contributed by atoms with Gasteiger partial charge in [-0.05, 0) is 30.2 Å². The molecule has 2 heteroatoms. The molecule has 0 radical (unpaired) electrons. The molecule has 1 saturated carbocycles. The van der Waals surface area contributed by atoms with Crippen molar-refractivity contribution in [1.29, 1.82) is 0 Å². The van der Waals surface area contributed by atoms with Crippen LogP contribution in [0.5, 0.6) is 0 Å². The number of hydrogen-bond donors (Lipinski definition) is 1. The van der Waals surface area contributed by atoms with Crippen LogP contribution in [-0.4, -0.2) is 31.1 Å². The van der Waals surface area contributed by atoms with Crippen molar-refractivity contribution in [2.75, 3.05) is 26.2 Å². The summed E-state index contributed by atoms with van der Waals surface area (Å²) < 4.78 is 0. The highest BCUT2D eigenvalue weighted by Gasteiger charge is 2.42. The molecule has 2 aliphatic rings. The highest BCUT2D eigenvalue weighted by atomic mass is 15.2. The summed E-state index contributed by atoms with van der Waals surface area (Å²) >= 11 is 0. The quantitative estimate of drug-likeness (QED) is 0.876. The van der Waals surface area contributed by atoms with E-state index in [1.165, 1.54) is 44.5 Å². The maximum absolute atomic E-state index is 3.65. The normalized spacial score (nSPS) is 27.1. The summed E-state index contributed by atoms with van der Waals surface area (Å²) in [6.45, 7) is 7.18. The fourth-order valence-electron chi connectivity index (χ4n) is 3.14. The largest absolute Gasteiger partial charge is 0.308 e. The summed E-state index contributed by atoms with van der Waals surface area (Å²) in [5.41, 5.74) is 2.11. The van der Waals surface area contributed by atoms with E-state index >= 15 is 0 Å². The first-order chi connectivity index (χ1) is 8.81. The molecule has 2 fully saturated rings. The first-order valence-electron chi connectivity index (χ1n) is 7.32. The van der Waals surface area contributed by atoms with Gasteiger partial charge in [-0.25, -0.2) is 0 Å². The van der Waals surface area contributed by atoms with Crippen LogP contribution in [0.2, 0.25) is 0 Å². The second-order valence-corrected chi connectivity index (χ2v) is 6.01. The Morgan fingerprint density at radius 3 is 2.72 bits per heavy atom. The minimum Gasteiger partial charge on any atom is -0.308 e. The van der Waals surface area contributed by atoms with Crippen molar-refractivity contribution in [2.24, 2.45) is 5.41 Å². The third-order valence-electron chi connectivity index (χ3n) is 4.73. The van der Waals surface area contributed by atoms with Crippen molar-refractivity contribution in [3.63, 3.8) is 0 Å². The third kappa shape index (κ3) is 2.60. The van der Waals surface area contributed by atoms with Gasteiger partial charge in [0, 0.05) is 32.2 Å². The van der Waals surface area contributed by atoms with Gasteiger partial charge in [-0.2, -0.15) is 0 Å². The molecule has 3 rings (SSSR count). The zero-order chi connectivity index (χ0) is 12.4. The van der Waals surface area contributed by atoms with Gasteiger partial charge in [0.1, 0.15) is 0 Å². The molecular weight excluding hydrogens is 220 g/mol. The van der Waals surface area contributed by atoms with E-state index in [0.717, 1.165) is 6.54 Å². The van der Waals surface area contributed by atoms with E-state index in [1.807, 2.05) is 0 Å². The standard InChI is InChI=1S/C16H24N2/c1-2-16(8-9-16)13-18-11-10-17-15(12-18)14-6-4-3-5-7-14/h3-7,15,17H,2,8-13H2,1H3. The van der Waals surface area contributed by atoms with Crippen LogP contribution in [0.4, 0.5) is 0 Å². The first kappa shape index (κ1) is 12.2. The molecule has 0 spiro atoms. The van der Waals surface area contributed by atoms with Crippen LogP contribution in [0.25, 0.3) is 0 Å². The summed E-state index contributed by atoms with van der Waals surface area (Å²) in [6, 6.07) is 11.4. The molecule has 1 heterocycles. The van der Waals surface area contributed by atoms with Gasteiger partial charge < -0.3 is 5.32 Å². The van der Waals surface area contributed by atoms with Crippen LogP contribution in [-0.2, 0) is 0 Å². The number of hydrogen-bond acceptors (Lipinski definition) is 2. The van der Waals surface area contributed by atoms with Crippen LogP contribution >= 0.6 is 0 Å². The molecule has 1 saturated heterocycles. The van der Waals surface area contributed by atoms with Crippen LogP contribution in [0, 0.1) is 5.41 Å². The maximum Gasteiger partial charge on any atom is 0.0449 e. The highest BCUT2D eigenvalue weighted by molar-refractivity contribution is 5.19. The number of nitrogens with one attached hydrogen (secondary N) is 1. The van der Waals surface area contributed by atoms with E-state index in [9.17, 15) is 0 Å². The van der Waals surface area contributed by atoms with Crippen molar-refractivity contribution in [2.45, 2.75) is 32.2 Å². The lowest BCUT2D eigenvalue weighted by atomic mass is 10.00. The molecule has 1 aromatic rings. The van der Waals surface area contributed by atoms with Crippen LogP contribution < -0.4 is 5.32 Å². The zero-order valence-corrected chi connectivity index (χ0v) is 11.4. The Kier molecular flexibility index (Phi) is 3.40. The second kappa shape index (κ2) is 5.02. The van der Waals surface area contributed by atoms with Crippen LogP contribution in [0.1, 0.15) is 37.8 Å². The van der Waals surface area contributed by atoms with Crippen molar-refractivity contribution in [3.8, 4) is 0 Å². The van der Waals surface area contributed by atoms with E-state index in [-0.39, 0.29) is 0 Å². The minimum absolute atomic E-state index is 0.521. The molecule has 1 aromatic carbocycles. The summed E-state index contributed by atoms with van der Waals surface area (Å²) in [5.74, 6) is 0. The van der Waals surface area contributed by atoms with Gasteiger partial charge in [0.25, 0.3) is 0 Å². The van der Waals surface area contributed by atoms with Gasteiger partial charge in [-0.1, -0.05) is 37.3 Å². The van der Waals surface area contributed by atoms with Crippen molar-refractivity contribution < 1.29 is 0 Å². The van der Waals surface area contributed by atoms with E-state index in [1.54, 1.807) is 0 Å². The average Bonchev–Trinajstić information content (AvgIpc) is 3.20. The summed E-state index contributed by atoms with van der Waals surface area (Å²) in [5, 5.41) is 3.65. The lowest BCUT2D eigenvalue weighted by Gasteiger charge is -2.36. The molecule has 1 aliphatic carbocycles. The molecule has 1 unspecified atom stereocenters. The molecule has 1 N–H and O–H groups in total. The Labute approximate surface area is 110 Å². The molecular formula is C16H24N2. The lowest BCUT2D eigenvalue weighted by Crippen LogP contribution is -2.47. The molecule has 0 bridgehead atoms. The fraction of sp³-hybridized carbons (Fsp3) is 0.625. The van der Waals surface area contributed by atoms with Gasteiger partial charge in [-0.15, -0.1) is 0 Å². The SMILES string of the molecule is CCC1(CN2CCNC(c3ccccc3)C2)CC1. The summed E-state index contributed by atoms with van der Waals surface area (Å²) in [4.78, 5) is 2.67. The van der Waals surface area contributed by atoms with Crippen LogP contribution in [0.3, 0.4) is 0 Å². The number of rotatable bonds is 4. The molecule has 1 atom stereocenters. The van der Waals surface area contributed by atoms with E-state index < -0.39 is 0 Å². The number of piperazine rings is 1. The van der Waals surface area contributed by atoms with Crippen molar-refractivity contribution in [1.82, 2.24) is 10.2 Å². The fourth-order valence-corrected chi connectivity index (χ4v) is 3.14. The van der Waals surface area contributed by atoms with Gasteiger partial charge in [0.2, 0.25) is 0 Å². The Morgan fingerprint density at radius 2 is 2.06 bits per heavy atom. The maximum atomic E-state index is 3.65. The number of benzene rings is 1. The summed E-state index contributed by atoms with van der Waals surface area (Å²) in [6.07, 6.45) is 4.25. The monoisotopic (exact) mass is 244 g/mol. The van der Waals surface area contributed by atoms with Gasteiger partial charge in [-0.3, -0.25) is 4.90 Å². The third-order valence-corrected chi connectivity index (χ3v) is 4.73. The second-order valence-electron chi connectivity index (χ2n) is 6.01. The average molecular weight is 244 g/mol. The Morgan fingerprint density at radius 1 is 1.28 bits per heavy atom.